The molecule has 1 aliphatic heterocycles. The number of para-hydroxylation sites is 1. The molecule has 1 heterocycles. The van der Waals surface area contributed by atoms with E-state index in [1.807, 2.05) is 54.6 Å². The molecule has 138 valence electrons. The molecule has 2 aromatic carbocycles. The van der Waals surface area contributed by atoms with Crippen LogP contribution in [0, 0.1) is 5.41 Å². The molecule has 1 atom stereocenters. The monoisotopic (exact) mass is 423 g/mol. The summed E-state index contributed by atoms with van der Waals surface area (Å²) < 4.78 is 0.990. The van der Waals surface area contributed by atoms with Crippen molar-refractivity contribution in [1.29, 1.82) is 0 Å². The predicted molar refractivity (Wildman–Crippen MR) is 110 cm³/mol. The molecule has 0 radical (unpaired) electrons. The van der Waals surface area contributed by atoms with Gasteiger partial charge in [0, 0.05) is 40.2 Å². The second kappa shape index (κ2) is 6.75. The highest BCUT2D eigenvalue weighted by Gasteiger charge is 2.44. The molecule has 0 bridgehead atoms. The van der Waals surface area contributed by atoms with Crippen LogP contribution in [0.3, 0.4) is 0 Å². The molecule has 2 aromatic rings. The van der Waals surface area contributed by atoms with E-state index in [1.165, 1.54) is 0 Å². The van der Waals surface area contributed by atoms with Crippen molar-refractivity contribution in [3.05, 3.63) is 75.9 Å². The summed E-state index contributed by atoms with van der Waals surface area (Å²) in [5.41, 5.74) is 3.42. The van der Waals surface area contributed by atoms with Crippen LogP contribution >= 0.6 is 15.9 Å². The Morgan fingerprint density at radius 3 is 2.30 bits per heavy atom. The van der Waals surface area contributed by atoms with Gasteiger partial charge in [0.05, 0.1) is 0 Å². The maximum absolute atomic E-state index is 13.2. The summed E-state index contributed by atoms with van der Waals surface area (Å²) in [5, 5.41) is 0. The highest BCUT2D eigenvalue weighted by molar-refractivity contribution is 9.10. The van der Waals surface area contributed by atoms with Crippen LogP contribution in [0.15, 0.2) is 70.3 Å². The molecule has 0 N–H and O–H groups in total. The van der Waals surface area contributed by atoms with Crippen LogP contribution in [-0.2, 0) is 9.59 Å². The van der Waals surface area contributed by atoms with Gasteiger partial charge in [-0.1, -0.05) is 60.1 Å². The van der Waals surface area contributed by atoms with Crippen molar-refractivity contribution in [3.63, 3.8) is 0 Å². The van der Waals surface area contributed by atoms with Gasteiger partial charge in [-0.2, -0.15) is 0 Å². The van der Waals surface area contributed by atoms with Gasteiger partial charge in [0.2, 0.25) is 5.91 Å². The number of amides is 1. The molecule has 0 aromatic heterocycles. The van der Waals surface area contributed by atoms with Gasteiger partial charge in [0.15, 0.2) is 5.78 Å². The predicted octanol–water partition coefficient (Wildman–Crippen LogP) is 5.61. The molecule has 2 aliphatic rings. The van der Waals surface area contributed by atoms with Crippen LogP contribution in [-0.4, -0.2) is 11.7 Å². The Bertz CT molecular complexity index is 929. The summed E-state index contributed by atoms with van der Waals surface area (Å²) in [7, 11) is 0. The minimum atomic E-state index is -0.163. The number of anilines is 1. The first-order chi connectivity index (χ1) is 12.9. The summed E-state index contributed by atoms with van der Waals surface area (Å²) in [5.74, 6) is 0.0603. The number of nitrogens with zero attached hydrogens (tertiary/aromatic N) is 1. The van der Waals surface area contributed by atoms with Gasteiger partial charge >= 0.3 is 0 Å². The minimum Gasteiger partial charge on any atom is -0.294 e. The number of hydrogen-bond donors (Lipinski definition) is 0. The smallest absolute Gasteiger partial charge is 0.232 e. The van der Waals surface area contributed by atoms with Crippen molar-refractivity contribution >= 4 is 33.3 Å². The fourth-order valence-electron chi connectivity index (χ4n) is 4.27. The van der Waals surface area contributed by atoms with Gasteiger partial charge in [-0.05, 0) is 41.7 Å². The number of benzene rings is 2. The first-order valence-corrected chi connectivity index (χ1v) is 10.0. The molecule has 4 heteroatoms. The number of carbonyl (C=O) groups is 2. The van der Waals surface area contributed by atoms with Gasteiger partial charge in [-0.3, -0.25) is 14.5 Å². The van der Waals surface area contributed by atoms with E-state index >= 15 is 0 Å². The fourth-order valence-corrected chi connectivity index (χ4v) is 4.54. The Hall–Kier alpha value is -2.20. The highest BCUT2D eigenvalue weighted by atomic mass is 79.9. The Morgan fingerprint density at radius 2 is 1.63 bits per heavy atom. The number of carbonyl (C=O) groups excluding carboxylic acids is 2. The summed E-state index contributed by atoms with van der Waals surface area (Å²) in [4.78, 5) is 28.1. The summed E-state index contributed by atoms with van der Waals surface area (Å²) in [6, 6.07) is 17.6. The maximum atomic E-state index is 13.2. The molecule has 1 aliphatic carbocycles. The van der Waals surface area contributed by atoms with E-state index in [9.17, 15) is 9.59 Å². The van der Waals surface area contributed by atoms with Crippen LogP contribution < -0.4 is 4.90 Å². The summed E-state index contributed by atoms with van der Waals surface area (Å²) in [6.07, 6.45) is 1.57. The number of ketones is 1. The topological polar surface area (TPSA) is 37.4 Å². The molecule has 1 unspecified atom stereocenters. The van der Waals surface area contributed by atoms with E-state index in [-0.39, 0.29) is 23.0 Å². The van der Waals surface area contributed by atoms with Crippen molar-refractivity contribution < 1.29 is 9.59 Å². The first-order valence-electron chi connectivity index (χ1n) is 9.25. The van der Waals surface area contributed by atoms with E-state index < -0.39 is 0 Å². The standard InChI is InChI=1S/C23H22BrNO2/c1-23(2)13-19-22(20(26)14-23)18(15-8-10-16(24)11-9-15)12-21(27)25(19)17-6-4-3-5-7-17/h3-11,18H,12-14H2,1-2H3. The Labute approximate surface area is 168 Å². The van der Waals surface area contributed by atoms with Crippen molar-refractivity contribution in [2.75, 3.05) is 4.90 Å². The molecule has 0 spiro atoms. The normalized spacial score (nSPS) is 22.0. The van der Waals surface area contributed by atoms with Crippen LogP contribution in [0.1, 0.15) is 44.6 Å². The van der Waals surface area contributed by atoms with E-state index in [0.29, 0.717) is 12.8 Å². The minimum absolute atomic E-state index is 0.0540. The number of Topliss-reactive ketones (excluding diaryl/α,β-unsaturated/α-hetero) is 1. The fraction of sp³-hybridized carbons (Fsp3) is 0.304. The molecule has 0 saturated heterocycles. The highest BCUT2D eigenvalue weighted by Crippen LogP contribution is 2.48. The number of halogens is 1. The number of hydrogen-bond acceptors (Lipinski definition) is 2. The van der Waals surface area contributed by atoms with E-state index in [1.54, 1.807) is 4.90 Å². The lowest BCUT2D eigenvalue weighted by Crippen LogP contribution is -2.43. The van der Waals surface area contributed by atoms with Gasteiger partial charge in [0.25, 0.3) is 0 Å². The first kappa shape index (κ1) is 18.2. The van der Waals surface area contributed by atoms with Crippen molar-refractivity contribution in [2.45, 2.75) is 39.0 Å². The van der Waals surface area contributed by atoms with Crippen LogP contribution in [0.25, 0.3) is 0 Å². The Morgan fingerprint density at radius 1 is 0.963 bits per heavy atom. The van der Waals surface area contributed by atoms with Crippen molar-refractivity contribution in [3.8, 4) is 0 Å². The molecule has 3 nitrogen and oxygen atoms in total. The molecular formula is C23H22BrNO2. The average molecular weight is 424 g/mol. The molecule has 0 saturated carbocycles. The second-order valence-corrected chi connectivity index (χ2v) is 9.09. The quantitative estimate of drug-likeness (QED) is 0.628. The van der Waals surface area contributed by atoms with Gasteiger partial charge in [0.1, 0.15) is 0 Å². The lowest BCUT2D eigenvalue weighted by Gasteiger charge is -2.43. The Kier molecular flexibility index (Phi) is 4.55. The summed E-state index contributed by atoms with van der Waals surface area (Å²) >= 11 is 3.46. The van der Waals surface area contributed by atoms with E-state index in [2.05, 4.69) is 29.8 Å². The molecule has 27 heavy (non-hydrogen) atoms. The SMILES string of the molecule is CC1(C)CC(=O)C2=C(C1)N(c1ccccc1)C(=O)CC2c1ccc(Br)cc1. The zero-order chi connectivity index (χ0) is 19.2. The molecular weight excluding hydrogens is 402 g/mol. The zero-order valence-corrected chi connectivity index (χ0v) is 17.1. The average Bonchev–Trinajstić information content (AvgIpc) is 2.61. The van der Waals surface area contributed by atoms with Crippen molar-refractivity contribution in [1.82, 2.24) is 0 Å². The lowest BCUT2D eigenvalue weighted by molar-refractivity contribution is -0.121. The van der Waals surface area contributed by atoms with Gasteiger partial charge < -0.3 is 0 Å². The van der Waals surface area contributed by atoms with Gasteiger partial charge in [-0.25, -0.2) is 0 Å². The van der Waals surface area contributed by atoms with Crippen molar-refractivity contribution in [2.24, 2.45) is 5.41 Å². The largest absolute Gasteiger partial charge is 0.294 e. The third kappa shape index (κ3) is 3.39. The van der Waals surface area contributed by atoms with Gasteiger partial charge in [-0.15, -0.1) is 0 Å². The second-order valence-electron chi connectivity index (χ2n) is 8.17. The zero-order valence-electron chi connectivity index (χ0n) is 15.5. The molecule has 1 amide bonds. The third-order valence-corrected chi connectivity index (χ3v) is 5.96. The van der Waals surface area contributed by atoms with Crippen LogP contribution in [0.4, 0.5) is 5.69 Å². The van der Waals surface area contributed by atoms with Crippen LogP contribution in [0.2, 0.25) is 0 Å². The molecule has 0 fully saturated rings. The Balaban J connectivity index is 1.89. The van der Waals surface area contributed by atoms with Crippen LogP contribution in [0.5, 0.6) is 0 Å². The summed E-state index contributed by atoms with van der Waals surface area (Å²) in [6.45, 7) is 4.21. The third-order valence-electron chi connectivity index (χ3n) is 5.43. The number of allylic oxidation sites excluding steroid dienone is 2. The molecule has 4 rings (SSSR count). The lowest BCUT2D eigenvalue weighted by atomic mass is 9.69. The van der Waals surface area contributed by atoms with E-state index in [4.69, 9.17) is 0 Å². The maximum Gasteiger partial charge on any atom is 0.232 e. The van der Waals surface area contributed by atoms with E-state index in [0.717, 1.165) is 33.4 Å². The number of rotatable bonds is 2.